The normalized spacial score (nSPS) is 18.8. The fourth-order valence-corrected chi connectivity index (χ4v) is 3.06. The van der Waals surface area contributed by atoms with E-state index in [1.165, 1.54) is 17.8 Å². The molecule has 1 N–H and O–H groups in total. The van der Waals surface area contributed by atoms with Crippen LogP contribution in [-0.4, -0.2) is 32.4 Å². The molecule has 3 heterocycles. The summed E-state index contributed by atoms with van der Waals surface area (Å²) < 4.78 is 4.41. The molecule has 0 aromatic carbocycles. The van der Waals surface area contributed by atoms with Gasteiger partial charge in [-0.05, 0) is 39.3 Å². The van der Waals surface area contributed by atoms with E-state index in [-0.39, 0.29) is 0 Å². The van der Waals surface area contributed by atoms with Gasteiger partial charge < -0.3 is 9.88 Å². The lowest BCUT2D eigenvalue weighted by molar-refractivity contribution is 0.502. The van der Waals surface area contributed by atoms with Crippen molar-refractivity contribution < 1.29 is 0 Å². The molecule has 0 saturated carbocycles. The average Bonchev–Trinajstić information content (AvgIpc) is 3.11. The van der Waals surface area contributed by atoms with E-state index in [0.717, 1.165) is 38.3 Å². The maximum Gasteiger partial charge on any atom is 0.0948 e. The molecule has 2 aromatic rings. The maximum absolute atomic E-state index is 4.51. The third-order valence-corrected chi connectivity index (χ3v) is 4.10. The Kier molecular flexibility index (Phi) is 3.87. The minimum Gasteiger partial charge on any atom is -0.334 e. The Bertz CT molecular complexity index is 563. The van der Waals surface area contributed by atoms with Crippen LogP contribution in [0.3, 0.4) is 0 Å². The number of aryl methyl sites for hydroxylation is 4. The van der Waals surface area contributed by atoms with Gasteiger partial charge in [0.1, 0.15) is 0 Å². The molecule has 5 heteroatoms. The minimum atomic E-state index is 0.631. The number of nitrogens with zero attached hydrogens (tertiary/aromatic N) is 4. The van der Waals surface area contributed by atoms with Crippen molar-refractivity contribution >= 4 is 0 Å². The van der Waals surface area contributed by atoms with Gasteiger partial charge in [0.15, 0.2) is 0 Å². The predicted molar refractivity (Wildman–Crippen MR) is 78.8 cm³/mol. The van der Waals surface area contributed by atoms with Crippen molar-refractivity contribution in [1.29, 1.82) is 0 Å². The number of hydrogen-bond donors (Lipinski definition) is 1. The number of hydrogen-bond acceptors (Lipinski definition) is 3. The van der Waals surface area contributed by atoms with Crippen LogP contribution in [-0.2, 0) is 13.1 Å². The molecule has 1 aliphatic rings. The first kappa shape index (κ1) is 13.4. The number of imidazole rings is 1. The van der Waals surface area contributed by atoms with Crippen LogP contribution in [0.25, 0.3) is 0 Å². The maximum atomic E-state index is 4.51. The predicted octanol–water partition coefficient (Wildman–Crippen LogP) is 1.86. The van der Waals surface area contributed by atoms with Crippen LogP contribution in [0.15, 0.2) is 18.6 Å². The molecule has 5 nitrogen and oxygen atoms in total. The fourth-order valence-electron chi connectivity index (χ4n) is 3.06. The molecule has 1 aliphatic heterocycles. The summed E-state index contributed by atoms with van der Waals surface area (Å²) in [5.74, 6) is 0.631. The Morgan fingerprint density at radius 1 is 1.35 bits per heavy atom. The third kappa shape index (κ3) is 2.77. The molecule has 0 bridgehead atoms. The van der Waals surface area contributed by atoms with Gasteiger partial charge in [0.2, 0.25) is 0 Å². The highest BCUT2D eigenvalue weighted by atomic mass is 15.3. The molecule has 0 spiro atoms. The molecule has 108 valence electrons. The fraction of sp³-hybridized carbons (Fsp3) is 0.600. The molecule has 0 amide bonds. The highest BCUT2D eigenvalue weighted by Crippen LogP contribution is 2.22. The summed E-state index contributed by atoms with van der Waals surface area (Å²) in [5, 5.41) is 7.94. The van der Waals surface area contributed by atoms with Gasteiger partial charge in [-0.25, -0.2) is 4.98 Å². The van der Waals surface area contributed by atoms with Crippen molar-refractivity contribution in [1.82, 2.24) is 24.6 Å². The zero-order valence-electron chi connectivity index (χ0n) is 12.3. The van der Waals surface area contributed by atoms with Crippen LogP contribution >= 0.6 is 0 Å². The van der Waals surface area contributed by atoms with Crippen molar-refractivity contribution in [2.24, 2.45) is 0 Å². The molecule has 1 atom stereocenters. The highest BCUT2D eigenvalue weighted by Gasteiger charge is 2.19. The average molecular weight is 273 g/mol. The van der Waals surface area contributed by atoms with Gasteiger partial charge in [0.25, 0.3) is 0 Å². The number of nitrogens with one attached hydrogen (secondary N) is 1. The van der Waals surface area contributed by atoms with Gasteiger partial charge in [-0.15, -0.1) is 0 Å². The van der Waals surface area contributed by atoms with Crippen molar-refractivity contribution in [3.63, 3.8) is 0 Å². The van der Waals surface area contributed by atoms with E-state index in [1.54, 1.807) is 0 Å². The van der Waals surface area contributed by atoms with Crippen LogP contribution < -0.4 is 5.32 Å². The Balaban J connectivity index is 1.59. The minimum absolute atomic E-state index is 0.631. The number of rotatable bonds is 5. The van der Waals surface area contributed by atoms with Gasteiger partial charge in [-0.3, -0.25) is 4.68 Å². The molecular formula is C15H23N5. The summed E-state index contributed by atoms with van der Waals surface area (Å²) in [7, 11) is 0. The standard InChI is InChI=1S/C15H23N5/c1-12-8-13(2)20(18-12)7-3-6-19-11-17-10-15(19)14-4-5-16-9-14/h8,10-11,14,16H,3-7,9H2,1-2H3. The van der Waals surface area contributed by atoms with Crippen molar-refractivity contribution in [2.45, 2.75) is 45.7 Å². The number of aromatic nitrogens is 4. The Labute approximate surface area is 120 Å². The summed E-state index contributed by atoms with van der Waals surface area (Å²) in [4.78, 5) is 4.33. The van der Waals surface area contributed by atoms with E-state index in [4.69, 9.17) is 0 Å². The van der Waals surface area contributed by atoms with E-state index in [9.17, 15) is 0 Å². The van der Waals surface area contributed by atoms with E-state index in [0.29, 0.717) is 5.92 Å². The smallest absolute Gasteiger partial charge is 0.0948 e. The summed E-state index contributed by atoms with van der Waals surface area (Å²) >= 11 is 0. The lowest BCUT2D eigenvalue weighted by Crippen LogP contribution is -2.13. The summed E-state index contributed by atoms with van der Waals surface area (Å²) in [6, 6.07) is 2.13. The van der Waals surface area contributed by atoms with E-state index in [2.05, 4.69) is 37.6 Å². The van der Waals surface area contributed by atoms with Crippen molar-refractivity contribution in [3.05, 3.63) is 35.7 Å². The zero-order chi connectivity index (χ0) is 13.9. The molecule has 1 fully saturated rings. The van der Waals surface area contributed by atoms with E-state index < -0.39 is 0 Å². The molecule has 20 heavy (non-hydrogen) atoms. The van der Waals surface area contributed by atoms with Crippen LogP contribution in [0, 0.1) is 13.8 Å². The second kappa shape index (κ2) is 5.79. The molecule has 0 radical (unpaired) electrons. The van der Waals surface area contributed by atoms with Crippen LogP contribution in [0.1, 0.15) is 35.8 Å². The first-order valence-corrected chi connectivity index (χ1v) is 7.46. The highest BCUT2D eigenvalue weighted by molar-refractivity contribution is 5.09. The molecule has 1 saturated heterocycles. The first-order chi connectivity index (χ1) is 9.74. The SMILES string of the molecule is Cc1cc(C)n(CCCn2cncc2C2CCNC2)n1. The lowest BCUT2D eigenvalue weighted by atomic mass is 10.1. The quantitative estimate of drug-likeness (QED) is 0.904. The molecule has 2 aromatic heterocycles. The third-order valence-electron chi connectivity index (χ3n) is 4.10. The van der Waals surface area contributed by atoms with E-state index >= 15 is 0 Å². The molecule has 3 rings (SSSR count). The molecule has 1 unspecified atom stereocenters. The summed E-state index contributed by atoms with van der Waals surface area (Å²) in [6.45, 7) is 8.37. The topological polar surface area (TPSA) is 47.7 Å². The first-order valence-electron chi connectivity index (χ1n) is 7.46. The Hall–Kier alpha value is -1.62. The second-order valence-corrected chi connectivity index (χ2v) is 5.71. The zero-order valence-corrected chi connectivity index (χ0v) is 12.3. The lowest BCUT2D eigenvalue weighted by Gasteiger charge is -2.13. The van der Waals surface area contributed by atoms with Gasteiger partial charge in [0.05, 0.1) is 12.0 Å². The van der Waals surface area contributed by atoms with E-state index in [1.807, 2.05) is 19.4 Å². The van der Waals surface area contributed by atoms with Crippen molar-refractivity contribution in [2.75, 3.05) is 13.1 Å². The van der Waals surface area contributed by atoms with Crippen LogP contribution in [0.5, 0.6) is 0 Å². The Morgan fingerprint density at radius 2 is 2.25 bits per heavy atom. The summed E-state index contributed by atoms with van der Waals surface area (Å²) in [5.41, 5.74) is 3.72. The monoisotopic (exact) mass is 273 g/mol. The van der Waals surface area contributed by atoms with Gasteiger partial charge in [0, 0.05) is 43.1 Å². The van der Waals surface area contributed by atoms with Gasteiger partial charge in [-0.2, -0.15) is 5.10 Å². The van der Waals surface area contributed by atoms with Crippen LogP contribution in [0.4, 0.5) is 0 Å². The second-order valence-electron chi connectivity index (χ2n) is 5.71. The largest absolute Gasteiger partial charge is 0.334 e. The summed E-state index contributed by atoms with van der Waals surface area (Å²) in [6.07, 6.45) is 6.31. The molecule has 0 aliphatic carbocycles. The van der Waals surface area contributed by atoms with Gasteiger partial charge >= 0.3 is 0 Å². The van der Waals surface area contributed by atoms with Gasteiger partial charge in [-0.1, -0.05) is 0 Å². The van der Waals surface area contributed by atoms with Crippen LogP contribution in [0.2, 0.25) is 0 Å². The van der Waals surface area contributed by atoms with Crippen molar-refractivity contribution in [3.8, 4) is 0 Å². The molecular weight excluding hydrogens is 250 g/mol. The Morgan fingerprint density at radius 3 is 2.95 bits per heavy atom.